The van der Waals surface area contributed by atoms with E-state index in [9.17, 15) is 0 Å². The SMILES string of the molecule is Cc1c(C)c(C)c2c3c([nH]c2c1C)C(c1ccccc1)NCC3. The molecule has 0 spiro atoms. The summed E-state index contributed by atoms with van der Waals surface area (Å²) in [5.41, 5.74) is 11.2. The zero-order chi connectivity index (χ0) is 16.1. The molecule has 4 rings (SSSR count). The molecule has 0 fully saturated rings. The molecule has 118 valence electrons. The second kappa shape index (κ2) is 5.24. The van der Waals surface area contributed by atoms with Crippen LogP contribution in [-0.4, -0.2) is 11.5 Å². The summed E-state index contributed by atoms with van der Waals surface area (Å²) in [6.45, 7) is 10.1. The van der Waals surface area contributed by atoms with E-state index in [0.29, 0.717) is 0 Å². The second-order valence-corrected chi connectivity index (χ2v) is 6.82. The molecule has 2 heterocycles. The maximum absolute atomic E-state index is 3.78. The van der Waals surface area contributed by atoms with Gasteiger partial charge in [0, 0.05) is 23.1 Å². The van der Waals surface area contributed by atoms with Crippen molar-refractivity contribution >= 4 is 10.9 Å². The molecule has 2 nitrogen and oxygen atoms in total. The number of rotatable bonds is 1. The van der Waals surface area contributed by atoms with Crippen molar-refractivity contribution in [2.75, 3.05) is 6.54 Å². The smallest absolute Gasteiger partial charge is 0.0732 e. The molecular formula is C21H24N2. The molecule has 2 aromatic carbocycles. The van der Waals surface area contributed by atoms with Crippen LogP contribution < -0.4 is 5.32 Å². The van der Waals surface area contributed by atoms with Crippen LogP contribution in [0, 0.1) is 27.7 Å². The summed E-state index contributed by atoms with van der Waals surface area (Å²) in [6, 6.07) is 11.0. The van der Waals surface area contributed by atoms with Gasteiger partial charge in [0.1, 0.15) is 0 Å². The maximum atomic E-state index is 3.78. The van der Waals surface area contributed by atoms with Gasteiger partial charge in [-0.25, -0.2) is 0 Å². The van der Waals surface area contributed by atoms with E-state index in [1.54, 1.807) is 0 Å². The maximum Gasteiger partial charge on any atom is 0.0732 e. The van der Waals surface area contributed by atoms with E-state index in [0.717, 1.165) is 13.0 Å². The second-order valence-electron chi connectivity index (χ2n) is 6.82. The number of nitrogens with one attached hydrogen (secondary N) is 2. The summed E-state index contributed by atoms with van der Waals surface area (Å²) in [7, 11) is 0. The minimum atomic E-state index is 0.270. The first-order valence-corrected chi connectivity index (χ1v) is 8.48. The zero-order valence-corrected chi connectivity index (χ0v) is 14.4. The number of aryl methyl sites for hydroxylation is 2. The third-order valence-electron chi connectivity index (χ3n) is 5.72. The lowest BCUT2D eigenvalue weighted by Crippen LogP contribution is -2.30. The molecule has 1 aromatic heterocycles. The molecule has 1 aliphatic heterocycles. The quantitative estimate of drug-likeness (QED) is 0.673. The standard InChI is InChI=1S/C21H24N2/c1-12-13(2)15(4)19-18(14(12)3)17-10-11-22-20(21(17)23-19)16-8-6-5-7-9-16/h5-9,20,22-23H,10-11H2,1-4H3. The van der Waals surface area contributed by atoms with Crippen molar-refractivity contribution in [2.24, 2.45) is 0 Å². The molecule has 0 bridgehead atoms. The van der Waals surface area contributed by atoms with Gasteiger partial charge in [0.15, 0.2) is 0 Å². The van der Waals surface area contributed by atoms with Crippen LogP contribution in [0.1, 0.15) is 45.1 Å². The molecule has 0 saturated heterocycles. The molecule has 3 aromatic rings. The number of hydrogen-bond donors (Lipinski definition) is 2. The molecular weight excluding hydrogens is 280 g/mol. The number of benzene rings is 2. The van der Waals surface area contributed by atoms with Gasteiger partial charge in [-0.05, 0) is 67.5 Å². The van der Waals surface area contributed by atoms with E-state index in [1.807, 2.05) is 0 Å². The van der Waals surface area contributed by atoms with Crippen LogP contribution in [0.3, 0.4) is 0 Å². The van der Waals surface area contributed by atoms with E-state index in [2.05, 4.69) is 68.3 Å². The molecule has 0 amide bonds. The Morgan fingerprint density at radius 3 is 2.30 bits per heavy atom. The fourth-order valence-electron chi connectivity index (χ4n) is 4.07. The normalized spacial score (nSPS) is 17.5. The van der Waals surface area contributed by atoms with Gasteiger partial charge < -0.3 is 10.3 Å². The summed E-state index contributed by atoms with van der Waals surface area (Å²) in [5.74, 6) is 0. The number of aromatic amines is 1. The highest BCUT2D eigenvalue weighted by atomic mass is 15.0. The highest BCUT2D eigenvalue weighted by Gasteiger charge is 2.27. The lowest BCUT2D eigenvalue weighted by atomic mass is 9.90. The first kappa shape index (κ1) is 14.5. The van der Waals surface area contributed by atoms with Crippen molar-refractivity contribution in [1.29, 1.82) is 0 Å². The van der Waals surface area contributed by atoms with Crippen LogP contribution in [0.15, 0.2) is 30.3 Å². The first-order valence-electron chi connectivity index (χ1n) is 8.48. The van der Waals surface area contributed by atoms with Gasteiger partial charge in [-0.2, -0.15) is 0 Å². The number of hydrogen-bond acceptors (Lipinski definition) is 1. The Hall–Kier alpha value is -2.06. The van der Waals surface area contributed by atoms with Gasteiger partial charge in [-0.1, -0.05) is 30.3 Å². The molecule has 0 radical (unpaired) electrons. The first-order chi connectivity index (χ1) is 11.1. The molecule has 0 saturated carbocycles. The lowest BCUT2D eigenvalue weighted by molar-refractivity contribution is 0.560. The molecule has 2 N–H and O–H groups in total. The highest BCUT2D eigenvalue weighted by molar-refractivity contribution is 5.92. The van der Waals surface area contributed by atoms with Crippen LogP contribution in [0.25, 0.3) is 10.9 Å². The van der Waals surface area contributed by atoms with Crippen molar-refractivity contribution in [3.63, 3.8) is 0 Å². The Labute approximate surface area is 137 Å². The van der Waals surface area contributed by atoms with Crippen LogP contribution in [0.2, 0.25) is 0 Å². The van der Waals surface area contributed by atoms with Gasteiger partial charge >= 0.3 is 0 Å². The molecule has 1 aliphatic rings. The molecule has 1 atom stereocenters. The number of H-pyrrole nitrogens is 1. The summed E-state index contributed by atoms with van der Waals surface area (Å²) < 4.78 is 0. The Morgan fingerprint density at radius 2 is 1.57 bits per heavy atom. The fourth-order valence-corrected chi connectivity index (χ4v) is 4.07. The van der Waals surface area contributed by atoms with Crippen molar-refractivity contribution < 1.29 is 0 Å². The van der Waals surface area contributed by atoms with Crippen molar-refractivity contribution in [1.82, 2.24) is 10.3 Å². The van der Waals surface area contributed by atoms with Crippen molar-refractivity contribution in [2.45, 2.75) is 40.2 Å². The Kier molecular flexibility index (Phi) is 3.31. The van der Waals surface area contributed by atoms with Gasteiger partial charge in [0.2, 0.25) is 0 Å². The topological polar surface area (TPSA) is 27.8 Å². The zero-order valence-electron chi connectivity index (χ0n) is 14.4. The third-order valence-corrected chi connectivity index (χ3v) is 5.72. The lowest BCUT2D eigenvalue weighted by Gasteiger charge is -2.25. The Morgan fingerprint density at radius 1 is 0.870 bits per heavy atom. The predicted octanol–water partition coefficient (Wildman–Crippen LogP) is 4.64. The van der Waals surface area contributed by atoms with E-state index < -0.39 is 0 Å². The predicted molar refractivity (Wildman–Crippen MR) is 97.2 cm³/mol. The van der Waals surface area contributed by atoms with Crippen LogP contribution >= 0.6 is 0 Å². The Bertz CT molecular complexity index is 888. The summed E-state index contributed by atoms with van der Waals surface area (Å²) in [5, 5.41) is 5.15. The van der Waals surface area contributed by atoms with Crippen LogP contribution in [0.4, 0.5) is 0 Å². The van der Waals surface area contributed by atoms with Crippen molar-refractivity contribution in [3.8, 4) is 0 Å². The number of aromatic nitrogens is 1. The van der Waals surface area contributed by atoms with Gasteiger partial charge in [-0.3, -0.25) is 0 Å². The minimum absolute atomic E-state index is 0.270. The average Bonchev–Trinajstić information content (AvgIpc) is 2.98. The summed E-state index contributed by atoms with van der Waals surface area (Å²) >= 11 is 0. The summed E-state index contributed by atoms with van der Waals surface area (Å²) in [6.07, 6.45) is 1.10. The average molecular weight is 304 g/mol. The molecule has 1 unspecified atom stereocenters. The fraction of sp³-hybridized carbons (Fsp3) is 0.333. The monoisotopic (exact) mass is 304 g/mol. The van der Waals surface area contributed by atoms with E-state index in [4.69, 9.17) is 0 Å². The third kappa shape index (κ3) is 2.05. The van der Waals surface area contributed by atoms with Crippen LogP contribution in [0.5, 0.6) is 0 Å². The van der Waals surface area contributed by atoms with Gasteiger partial charge in [0.05, 0.1) is 6.04 Å². The molecule has 0 aliphatic carbocycles. The number of fused-ring (bicyclic) bond motifs is 3. The minimum Gasteiger partial charge on any atom is -0.356 e. The molecule has 2 heteroatoms. The Balaban J connectivity index is 2.01. The van der Waals surface area contributed by atoms with E-state index in [-0.39, 0.29) is 6.04 Å². The molecule has 23 heavy (non-hydrogen) atoms. The summed E-state index contributed by atoms with van der Waals surface area (Å²) in [4.78, 5) is 3.78. The van der Waals surface area contributed by atoms with Gasteiger partial charge in [-0.15, -0.1) is 0 Å². The van der Waals surface area contributed by atoms with Gasteiger partial charge in [0.25, 0.3) is 0 Å². The van der Waals surface area contributed by atoms with Crippen LogP contribution in [-0.2, 0) is 6.42 Å². The van der Waals surface area contributed by atoms with E-state index in [1.165, 1.54) is 50.0 Å². The highest BCUT2D eigenvalue weighted by Crippen LogP contribution is 2.38. The largest absolute Gasteiger partial charge is 0.356 e. The van der Waals surface area contributed by atoms with E-state index >= 15 is 0 Å². The van der Waals surface area contributed by atoms with Crippen molar-refractivity contribution in [3.05, 3.63) is 69.4 Å².